The highest BCUT2D eigenvalue weighted by Crippen LogP contribution is 2.31. The molecule has 0 aliphatic rings. The van der Waals surface area contributed by atoms with Crippen molar-refractivity contribution in [2.75, 3.05) is 6.61 Å². The summed E-state index contributed by atoms with van der Waals surface area (Å²) in [4.78, 5) is 0. The fourth-order valence-electron chi connectivity index (χ4n) is 1.80. The molecule has 17 heavy (non-hydrogen) atoms. The van der Waals surface area contributed by atoms with Crippen molar-refractivity contribution >= 4 is 0 Å². The van der Waals surface area contributed by atoms with Crippen molar-refractivity contribution in [1.82, 2.24) is 0 Å². The highest BCUT2D eigenvalue weighted by Gasteiger charge is 2.06. The average Bonchev–Trinajstić information content (AvgIpc) is 2.40. The number of aliphatic hydroxyl groups is 1. The predicted molar refractivity (Wildman–Crippen MR) is 69.0 cm³/mol. The standard InChI is InChI=1S/C15H16O2/c1-2-17-15-9-8-12(11-16)10-14(15)13-6-4-3-5-7-13/h3-10,16H,2,11H2,1H3. The molecule has 2 heteroatoms. The molecule has 88 valence electrons. The molecule has 0 fully saturated rings. The summed E-state index contributed by atoms with van der Waals surface area (Å²) in [6.07, 6.45) is 0. The Kier molecular flexibility index (Phi) is 3.78. The Morgan fingerprint density at radius 2 is 1.82 bits per heavy atom. The second-order valence-electron chi connectivity index (χ2n) is 3.79. The van der Waals surface area contributed by atoms with Gasteiger partial charge in [0.2, 0.25) is 0 Å². The molecule has 0 aliphatic heterocycles. The zero-order valence-electron chi connectivity index (χ0n) is 9.89. The third-order valence-corrected chi connectivity index (χ3v) is 2.61. The van der Waals surface area contributed by atoms with Crippen molar-refractivity contribution in [1.29, 1.82) is 0 Å². The first-order valence-corrected chi connectivity index (χ1v) is 5.77. The molecule has 0 atom stereocenters. The molecule has 0 bridgehead atoms. The Morgan fingerprint density at radius 3 is 2.47 bits per heavy atom. The van der Waals surface area contributed by atoms with Crippen molar-refractivity contribution in [3.63, 3.8) is 0 Å². The van der Waals surface area contributed by atoms with Gasteiger partial charge in [-0.1, -0.05) is 36.4 Å². The monoisotopic (exact) mass is 228 g/mol. The number of ether oxygens (including phenoxy) is 1. The average molecular weight is 228 g/mol. The number of benzene rings is 2. The van der Waals surface area contributed by atoms with E-state index in [1.165, 1.54) is 0 Å². The largest absolute Gasteiger partial charge is 0.493 e. The van der Waals surface area contributed by atoms with Gasteiger partial charge in [0.1, 0.15) is 5.75 Å². The van der Waals surface area contributed by atoms with Gasteiger partial charge >= 0.3 is 0 Å². The van der Waals surface area contributed by atoms with Crippen LogP contribution in [0.3, 0.4) is 0 Å². The van der Waals surface area contributed by atoms with Crippen LogP contribution in [0.25, 0.3) is 11.1 Å². The van der Waals surface area contributed by atoms with Crippen LogP contribution < -0.4 is 4.74 Å². The SMILES string of the molecule is CCOc1ccc(CO)cc1-c1ccccc1. The van der Waals surface area contributed by atoms with Crippen LogP contribution >= 0.6 is 0 Å². The van der Waals surface area contributed by atoms with Gasteiger partial charge in [-0.05, 0) is 30.2 Å². The number of hydrogen-bond acceptors (Lipinski definition) is 2. The molecule has 0 saturated heterocycles. The maximum Gasteiger partial charge on any atom is 0.127 e. The summed E-state index contributed by atoms with van der Waals surface area (Å²) >= 11 is 0. The van der Waals surface area contributed by atoms with Crippen LogP contribution in [0.15, 0.2) is 48.5 Å². The van der Waals surface area contributed by atoms with Gasteiger partial charge in [-0.15, -0.1) is 0 Å². The Hall–Kier alpha value is -1.80. The van der Waals surface area contributed by atoms with Crippen molar-refractivity contribution in [3.8, 4) is 16.9 Å². The number of hydrogen-bond donors (Lipinski definition) is 1. The molecule has 0 unspecified atom stereocenters. The van der Waals surface area contributed by atoms with Gasteiger partial charge in [0.25, 0.3) is 0 Å². The molecule has 0 saturated carbocycles. The maximum atomic E-state index is 9.19. The molecule has 2 rings (SSSR count). The molecule has 1 N–H and O–H groups in total. The lowest BCUT2D eigenvalue weighted by Crippen LogP contribution is -1.95. The van der Waals surface area contributed by atoms with E-state index in [0.29, 0.717) is 6.61 Å². The summed E-state index contributed by atoms with van der Waals surface area (Å²) < 4.78 is 5.61. The lowest BCUT2D eigenvalue weighted by Gasteiger charge is -2.11. The van der Waals surface area contributed by atoms with Crippen molar-refractivity contribution in [2.24, 2.45) is 0 Å². The van der Waals surface area contributed by atoms with Crippen LogP contribution in [-0.4, -0.2) is 11.7 Å². The molecule has 0 radical (unpaired) electrons. The van der Waals surface area contributed by atoms with E-state index in [4.69, 9.17) is 4.74 Å². The van der Waals surface area contributed by atoms with E-state index in [0.717, 1.165) is 22.4 Å². The van der Waals surface area contributed by atoms with Crippen molar-refractivity contribution in [2.45, 2.75) is 13.5 Å². The first-order chi connectivity index (χ1) is 8.35. The van der Waals surface area contributed by atoms with Gasteiger partial charge in [0.15, 0.2) is 0 Å². The molecule has 2 aromatic rings. The van der Waals surface area contributed by atoms with Gasteiger partial charge in [-0.3, -0.25) is 0 Å². The van der Waals surface area contributed by atoms with E-state index in [1.54, 1.807) is 0 Å². The minimum atomic E-state index is 0.0479. The quantitative estimate of drug-likeness (QED) is 0.870. The summed E-state index contributed by atoms with van der Waals surface area (Å²) in [7, 11) is 0. The first-order valence-electron chi connectivity index (χ1n) is 5.77. The van der Waals surface area contributed by atoms with Gasteiger partial charge in [-0.25, -0.2) is 0 Å². The van der Waals surface area contributed by atoms with Crippen LogP contribution in [0.5, 0.6) is 5.75 Å². The topological polar surface area (TPSA) is 29.5 Å². The number of rotatable bonds is 4. The van der Waals surface area contributed by atoms with Crippen LogP contribution in [0.2, 0.25) is 0 Å². The van der Waals surface area contributed by atoms with Crippen LogP contribution in [0.1, 0.15) is 12.5 Å². The third-order valence-electron chi connectivity index (χ3n) is 2.61. The Morgan fingerprint density at radius 1 is 1.06 bits per heavy atom. The molecule has 0 heterocycles. The van der Waals surface area contributed by atoms with E-state index in [2.05, 4.69) is 0 Å². The Bertz CT molecular complexity index is 478. The third kappa shape index (κ3) is 2.66. The Labute approximate surface area is 101 Å². The minimum absolute atomic E-state index is 0.0479. The van der Waals surface area contributed by atoms with E-state index >= 15 is 0 Å². The highest BCUT2D eigenvalue weighted by molar-refractivity contribution is 5.71. The number of aliphatic hydroxyl groups excluding tert-OH is 1. The summed E-state index contributed by atoms with van der Waals surface area (Å²) in [6.45, 7) is 2.65. The van der Waals surface area contributed by atoms with Crippen LogP contribution in [0.4, 0.5) is 0 Å². The fourth-order valence-corrected chi connectivity index (χ4v) is 1.80. The zero-order valence-corrected chi connectivity index (χ0v) is 9.89. The predicted octanol–water partition coefficient (Wildman–Crippen LogP) is 3.24. The van der Waals surface area contributed by atoms with E-state index in [9.17, 15) is 5.11 Å². The second-order valence-corrected chi connectivity index (χ2v) is 3.79. The highest BCUT2D eigenvalue weighted by atomic mass is 16.5. The molecule has 0 amide bonds. The van der Waals surface area contributed by atoms with Crippen molar-refractivity contribution in [3.05, 3.63) is 54.1 Å². The summed E-state index contributed by atoms with van der Waals surface area (Å²) in [5.41, 5.74) is 3.03. The zero-order chi connectivity index (χ0) is 12.1. The molecule has 2 aromatic carbocycles. The summed E-state index contributed by atoms with van der Waals surface area (Å²) in [6, 6.07) is 15.8. The first kappa shape index (κ1) is 11.7. The van der Waals surface area contributed by atoms with Gasteiger partial charge in [0.05, 0.1) is 13.2 Å². The van der Waals surface area contributed by atoms with Crippen molar-refractivity contribution < 1.29 is 9.84 Å². The Balaban J connectivity index is 2.48. The summed E-state index contributed by atoms with van der Waals surface area (Å²) in [5.74, 6) is 0.857. The lowest BCUT2D eigenvalue weighted by atomic mass is 10.0. The maximum absolute atomic E-state index is 9.19. The molecular formula is C15H16O2. The van der Waals surface area contributed by atoms with Crippen LogP contribution in [0, 0.1) is 0 Å². The fraction of sp³-hybridized carbons (Fsp3) is 0.200. The van der Waals surface area contributed by atoms with Gasteiger partial charge < -0.3 is 9.84 Å². The second kappa shape index (κ2) is 5.51. The molecular weight excluding hydrogens is 212 g/mol. The molecule has 2 nitrogen and oxygen atoms in total. The van der Waals surface area contributed by atoms with E-state index in [-0.39, 0.29) is 6.61 Å². The summed E-state index contributed by atoms with van der Waals surface area (Å²) in [5, 5.41) is 9.19. The van der Waals surface area contributed by atoms with Gasteiger partial charge in [-0.2, -0.15) is 0 Å². The minimum Gasteiger partial charge on any atom is -0.493 e. The normalized spacial score (nSPS) is 10.2. The van der Waals surface area contributed by atoms with E-state index < -0.39 is 0 Å². The van der Waals surface area contributed by atoms with Gasteiger partial charge in [0, 0.05) is 5.56 Å². The smallest absolute Gasteiger partial charge is 0.127 e. The molecule has 0 aliphatic carbocycles. The molecule has 0 spiro atoms. The van der Waals surface area contributed by atoms with Crippen LogP contribution in [-0.2, 0) is 6.61 Å². The lowest BCUT2D eigenvalue weighted by molar-refractivity contribution is 0.281. The van der Waals surface area contributed by atoms with E-state index in [1.807, 2.05) is 55.5 Å². The molecule has 0 aromatic heterocycles.